The van der Waals surface area contributed by atoms with Crippen LogP contribution < -0.4 is 16.0 Å². The molecule has 5 N–H and O–H groups in total. The Balaban J connectivity index is 1.72. The molecule has 1 aliphatic heterocycles. The van der Waals surface area contributed by atoms with E-state index in [0.29, 0.717) is 18.0 Å². The number of aliphatic hydroxyl groups excluding tert-OH is 1. The number of nitrogens with one attached hydrogen (secondary N) is 3. The van der Waals surface area contributed by atoms with Crippen molar-refractivity contribution in [1.29, 1.82) is 0 Å². The van der Waals surface area contributed by atoms with Gasteiger partial charge in [-0.1, -0.05) is 69.7 Å². The molecule has 224 valence electrons. The predicted molar refractivity (Wildman–Crippen MR) is 149 cm³/mol. The van der Waals surface area contributed by atoms with E-state index in [1.807, 2.05) is 19.9 Å². The Morgan fingerprint density at radius 3 is 2.45 bits per heavy atom. The van der Waals surface area contributed by atoms with Crippen LogP contribution in [0.25, 0.3) is 0 Å². The molecule has 2 fully saturated rings. The highest BCUT2D eigenvalue weighted by molar-refractivity contribution is 7.86. The Kier molecular flexibility index (Phi) is 11.2. The van der Waals surface area contributed by atoms with E-state index in [2.05, 4.69) is 16.0 Å². The molecule has 0 bridgehead atoms. The predicted octanol–water partition coefficient (Wildman–Crippen LogP) is 2.90. The molecule has 4 atom stereocenters. The maximum atomic E-state index is 13.4. The standard InChI is InChI=1S/C27H40ClN3O8S/c1-27(2,19-9-6-10-20(28)15-19)16-39-26(35)31-21(13-17-7-4-3-5-8-17)24(33)30-22(25(34)40(36,37)38)14-18-11-12-29-23(18)32/h6,9-10,15,17-18,21-22,25,34H,3-5,7-8,11-14,16H2,1-2H3,(H,29,32)(H,30,33)(H,31,35)(H,36,37,38)/t18-,21-,22-,25?/m0/s1. The summed E-state index contributed by atoms with van der Waals surface area (Å²) in [5.41, 5.74) is -2.05. The van der Waals surface area contributed by atoms with E-state index < -0.39 is 51.0 Å². The first kappa shape index (κ1) is 32.1. The smallest absolute Gasteiger partial charge is 0.407 e. The van der Waals surface area contributed by atoms with E-state index in [0.717, 1.165) is 37.7 Å². The number of rotatable bonds is 12. The average molecular weight is 602 g/mol. The van der Waals surface area contributed by atoms with Crippen LogP contribution in [0, 0.1) is 11.8 Å². The number of hydrogen-bond acceptors (Lipinski definition) is 7. The van der Waals surface area contributed by atoms with Gasteiger partial charge >= 0.3 is 6.09 Å². The fourth-order valence-electron chi connectivity index (χ4n) is 5.32. The van der Waals surface area contributed by atoms with Crippen LogP contribution in [0.1, 0.15) is 70.8 Å². The number of alkyl carbamates (subject to hydrolysis) is 1. The van der Waals surface area contributed by atoms with Crippen molar-refractivity contribution in [2.45, 2.75) is 88.1 Å². The Bertz CT molecular complexity index is 1160. The van der Waals surface area contributed by atoms with Gasteiger partial charge in [-0.3, -0.25) is 14.1 Å². The number of hydrogen-bond donors (Lipinski definition) is 5. The summed E-state index contributed by atoms with van der Waals surface area (Å²) in [6.45, 7) is 4.16. The van der Waals surface area contributed by atoms with Gasteiger partial charge in [-0.25, -0.2) is 4.79 Å². The molecule has 11 nitrogen and oxygen atoms in total. The monoisotopic (exact) mass is 601 g/mol. The number of benzene rings is 1. The van der Waals surface area contributed by atoms with E-state index >= 15 is 0 Å². The first-order chi connectivity index (χ1) is 18.8. The summed E-state index contributed by atoms with van der Waals surface area (Å²) in [7, 11) is -4.95. The Labute approximate surface area is 240 Å². The molecule has 1 aliphatic carbocycles. The fourth-order valence-corrected chi connectivity index (χ4v) is 6.11. The molecule has 1 saturated heterocycles. The Morgan fingerprint density at radius 1 is 1.15 bits per heavy atom. The number of ether oxygens (including phenoxy) is 1. The first-order valence-electron chi connectivity index (χ1n) is 13.7. The van der Waals surface area contributed by atoms with E-state index in [1.165, 1.54) is 0 Å². The average Bonchev–Trinajstić information content (AvgIpc) is 3.30. The number of carbonyl (C=O) groups is 3. The zero-order valence-corrected chi connectivity index (χ0v) is 24.5. The molecular formula is C27H40ClN3O8S. The summed E-state index contributed by atoms with van der Waals surface area (Å²) in [5, 5.41) is 18.6. The van der Waals surface area contributed by atoms with Crippen LogP contribution >= 0.6 is 11.6 Å². The molecule has 1 saturated carbocycles. The highest BCUT2D eigenvalue weighted by Gasteiger charge is 2.38. The maximum Gasteiger partial charge on any atom is 0.407 e. The summed E-state index contributed by atoms with van der Waals surface area (Å²) in [6.07, 6.45) is 4.49. The molecule has 0 radical (unpaired) electrons. The van der Waals surface area contributed by atoms with Gasteiger partial charge in [-0.2, -0.15) is 8.42 Å². The van der Waals surface area contributed by atoms with Crippen molar-refractivity contribution in [3.63, 3.8) is 0 Å². The van der Waals surface area contributed by atoms with Crippen molar-refractivity contribution >= 4 is 39.6 Å². The summed E-state index contributed by atoms with van der Waals surface area (Å²) >= 11 is 6.11. The van der Waals surface area contributed by atoms with Crippen molar-refractivity contribution in [3.8, 4) is 0 Å². The second-order valence-electron chi connectivity index (χ2n) is 11.4. The van der Waals surface area contributed by atoms with Crippen LogP contribution in [0.2, 0.25) is 5.02 Å². The highest BCUT2D eigenvalue weighted by Crippen LogP contribution is 2.29. The van der Waals surface area contributed by atoms with Crippen LogP contribution in [-0.4, -0.2) is 66.7 Å². The van der Waals surface area contributed by atoms with Crippen molar-refractivity contribution < 1.29 is 37.2 Å². The molecule has 1 unspecified atom stereocenters. The summed E-state index contributed by atoms with van der Waals surface area (Å²) < 4.78 is 38.5. The third-order valence-corrected chi connectivity index (χ3v) is 8.92. The van der Waals surface area contributed by atoms with E-state index in [9.17, 15) is 32.5 Å². The van der Waals surface area contributed by atoms with Gasteiger partial charge in [0.2, 0.25) is 17.3 Å². The molecule has 3 rings (SSSR count). The quantitative estimate of drug-likeness (QED) is 0.228. The van der Waals surface area contributed by atoms with Gasteiger partial charge in [0.05, 0.1) is 6.04 Å². The molecule has 1 heterocycles. The second kappa shape index (κ2) is 14.0. The lowest BCUT2D eigenvalue weighted by Gasteiger charge is -2.30. The molecule has 3 amide bonds. The van der Waals surface area contributed by atoms with Crippen molar-refractivity contribution in [2.75, 3.05) is 13.2 Å². The zero-order chi connectivity index (χ0) is 29.5. The third kappa shape index (κ3) is 9.32. The number of amides is 3. The van der Waals surface area contributed by atoms with Crippen LogP contribution in [0.15, 0.2) is 24.3 Å². The first-order valence-corrected chi connectivity index (χ1v) is 15.6. The number of carbonyl (C=O) groups excluding carboxylic acids is 3. The second-order valence-corrected chi connectivity index (χ2v) is 13.4. The zero-order valence-electron chi connectivity index (χ0n) is 22.9. The van der Waals surface area contributed by atoms with Crippen LogP contribution in [0.3, 0.4) is 0 Å². The SMILES string of the molecule is CC(C)(COC(=O)N[C@@H](CC1CCCCC1)C(=O)N[C@@H](C[C@@H]1CCNC1=O)C(O)S(=O)(=O)O)c1cccc(Cl)c1. The third-order valence-electron chi connectivity index (χ3n) is 7.75. The summed E-state index contributed by atoms with van der Waals surface area (Å²) in [4.78, 5) is 38.4. The number of aliphatic hydroxyl groups is 1. The maximum absolute atomic E-state index is 13.4. The summed E-state index contributed by atoms with van der Waals surface area (Å²) in [5.74, 6) is -1.56. The van der Waals surface area contributed by atoms with Gasteiger partial charge in [0.1, 0.15) is 12.6 Å². The molecule has 0 spiro atoms. The summed E-state index contributed by atoms with van der Waals surface area (Å²) in [6, 6.07) is 4.65. The van der Waals surface area contributed by atoms with Crippen LogP contribution in [0.4, 0.5) is 4.79 Å². The van der Waals surface area contributed by atoms with Gasteiger partial charge < -0.3 is 25.8 Å². The van der Waals surface area contributed by atoms with Crippen molar-refractivity contribution in [1.82, 2.24) is 16.0 Å². The van der Waals surface area contributed by atoms with E-state index in [4.69, 9.17) is 16.3 Å². The van der Waals surface area contributed by atoms with Gasteiger partial charge in [0.25, 0.3) is 10.1 Å². The molecule has 0 aromatic heterocycles. The van der Waals surface area contributed by atoms with Crippen molar-refractivity contribution in [3.05, 3.63) is 34.9 Å². The fraction of sp³-hybridized carbons (Fsp3) is 0.667. The molecule has 40 heavy (non-hydrogen) atoms. The van der Waals surface area contributed by atoms with E-state index in [-0.39, 0.29) is 31.3 Å². The topological polar surface area (TPSA) is 171 Å². The minimum absolute atomic E-state index is 0.00215. The van der Waals surface area contributed by atoms with Crippen LogP contribution in [0.5, 0.6) is 0 Å². The normalized spacial score (nSPS) is 20.7. The van der Waals surface area contributed by atoms with Gasteiger partial charge in [-0.05, 0) is 42.9 Å². The molecule has 1 aromatic carbocycles. The lowest BCUT2D eigenvalue weighted by Crippen LogP contribution is -2.55. The van der Waals surface area contributed by atoms with Gasteiger partial charge in [-0.15, -0.1) is 0 Å². The van der Waals surface area contributed by atoms with E-state index in [1.54, 1.807) is 18.2 Å². The van der Waals surface area contributed by atoms with Crippen LogP contribution in [-0.2, 0) is 29.9 Å². The molecule has 1 aromatic rings. The minimum Gasteiger partial charge on any atom is -0.449 e. The number of halogens is 1. The lowest BCUT2D eigenvalue weighted by atomic mass is 9.84. The minimum atomic E-state index is -4.95. The largest absolute Gasteiger partial charge is 0.449 e. The van der Waals surface area contributed by atoms with Crippen molar-refractivity contribution in [2.24, 2.45) is 11.8 Å². The van der Waals surface area contributed by atoms with Gasteiger partial charge in [0, 0.05) is 22.9 Å². The highest BCUT2D eigenvalue weighted by atomic mass is 35.5. The molecule has 2 aliphatic rings. The lowest BCUT2D eigenvalue weighted by molar-refractivity contribution is -0.126. The Morgan fingerprint density at radius 2 is 1.85 bits per heavy atom. The molecular weight excluding hydrogens is 562 g/mol. The Hall–Kier alpha value is -2.41. The van der Waals surface area contributed by atoms with Gasteiger partial charge in [0.15, 0.2) is 0 Å². The molecule has 13 heteroatoms.